The van der Waals surface area contributed by atoms with Crippen molar-refractivity contribution in [3.63, 3.8) is 0 Å². The first-order valence-electron chi connectivity index (χ1n) is 4.69. The Morgan fingerprint density at radius 3 is 2.44 bits per heavy atom. The molecule has 0 spiro atoms. The fourth-order valence-electron chi connectivity index (χ4n) is 1.24. The highest BCUT2D eigenvalue weighted by atomic mass is 16.1. The fourth-order valence-corrected chi connectivity index (χ4v) is 1.24. The van der Waals surface area contributed by atoms with Gasteiger partial charge in [0.15, 0.2) is 5.78 Å². The van der Waals surface area contributed by atoms with Gasteiger partial charge in [0.05, 0.1) is 5.70 Å². The maximum atomic E-state index is 11.5. The van der Waals surface area contributed by atoms with Gasteiger partial charge in [0, 0.05) is 24.0 Å². The van der Waals surface area contributed by atoms with Crippen LogP contribution in [0.2, 0.25) is 0 Å². The summed E-state index contributed by atoms with van der Waals surface area (Å²) in [5.41, 5.74) is 0.631. The lowest BCUT2D eigenvalue weighted by Gasteiger charge is -2.10. The largest absolute Gasteiger partial charge is 0.321 e. The zero-order chi connectivity index (χ0) is 11.5. The van der Waals surface area contributed by atoms with Gasteiger partial charge in [-0.05, 0) is 19.1 Å². The van der Waals surface area contributed by atoms with Gasteiger partial charge in [-0.25, -0.2) is 9.97 Å². The minimum atomic E-state index is -0.246. The molecule has 1 aliphatic rings. The highest BCUT2D eigenvalue weighted by Gasteiger charge is 2.17. The van der Waals surface area contributed by atoms with Crippen molar-refractivity contribution in [1.29, 1.82) is 0 Å². The van der Waals surface area contributed by atoms with Gasteiger partial charge in [0.1, 0.15) is 0 Å². The summed E-state index contributed by atoms with van der Waals surface area (Å²) in [6.45, 7) is 1.60. The molecule has 0 saturated carbocycles. The Hall–Kier alpha value is -2.30. The molecule has 1 aromatic heterocycles. The Morgan fingerprint density at radius 1 is 1.06 bits per heavy atom. The number of aromatic nitrogens is 2. The molecule has 2 rings (SSSR count). The normalized spacial score (nSPS) is 15.6. The second kappa shape index (κ2) is 4.06. The Morgan fingerprint density at radius 2 is 1.75 bits per heavy atom. The van der Waals surface area contributed by atoms with Crippen LogP contribution in [0.25, 0.3) is 0 Å². The van der Waals surface area contributed by atoms with Crippen molar-refractivity contribution in [2.24, 2.45) is 0 Å². The third-order valence-corrected chi connectivity index (χ3v) is 2.09. The summed E-state index contributed by atoms with van der Waals surface area (Å²) in [6.07, 6.45) is 5.65. The van der Waals surface area contributed by atoms with Crippen molar-refractivity contribution in [2.75, 3.05) is 5.32 Å². The van der Waals surface area contributed by atoms with E-state index in [-0.39, 0.29) is 17.3 Å². The number of ketones is 2. The number of anilines is 1. The molecule has 1 aliphatic carbocycles. The summed E-state index contributed by atoms with van der Waals surface area (Å²) in [5.74, 6) is -0.134. The lowest BCUT2D eigenvalue weighted by molar-refractivity contribution is -0.115. The maximum Gasteiger partial charge on any atom is 0.227 e. The topological polar surface area (TPSA) is 72.0 Å². The van der Waals surface area contributed by atoms with Crippen LogP contribution < -0.4 is 5.32 Å². The van der Waals surface area contributed by atoms with E-state index in [0.29, 0.717) is 11.5 Å². The Balaban J connectivity index is 2.21. The van der Waals surface area contributed by atoms with E-state index < -0.39 is 0 Å². The Bertz CT molecular complexity index is 503. The zero-order valence-electron chi connectivity index (χ0n) is 8.60. The van der Waals surface area contributed by atoms with Crippen molar-refractivity contribution in [3.05, 3.63) is 41.9 Å². The molecule has 80 valence electrons. The Kier molecular flexibility index (Phi) is 2.59. The summed E-state index contributed by atoms with van der Waals surface area (Å²) in [7, 11) is 0. The monoisotopic (exact) mass is 215 g/mol. The van der Waals surface area contributed by atoms with E-state index in [0.717, 1.165) is 0 Å². The highest BCUT2D eigenvalue weighted by Crippen LogP contribution is 2.12. The third kappa shape index (κ3) is 2.03. The van der Waals surface area contributed by atoms with Gasteiger partial charge in [-0.15, -0.1) is 0 Å². The smallest absolute Gasteiger partial charge is 0.227 e. The van der Waals surface area contributed by atoms with Crippen molar-refractivity contribution in [2.45, 2.75) is 6.92 Å². The van der Waals surface area contributed by atoms with E-state index >= 15 is 0 Å². The molecule has 5 heteroatoms. The average molecular weight is 215 g/mol. The molecule has 0 aliphatic heterocycles. The predicted octanol–water partition coefficient (Wildman–Crippen LogP) is 0.870. The number of carbonyl (C=O) groups excluding carboxylic acids is 2. The zero-order valence-corrected chi connectivity index (χ0v) is 8.60. The number of carbonyl (C=O) groups is 2. The number of hydrogen-bond donors (Lipinski definition) is 1. The number of nitrogens with one attached hydrogen (secondary N) is 1. The first kappa shape index (κ1) is 10.2. The molecule has 5 nitrogen and oxygen atoms in total. The Labute approximate surface area is 91.9 Å². The molecule has 0 fully saturated rings. The van der Waals surface area contributed by atoms with E-state index in [1.807, 2.05) is 0 Å². The van der Waals surface area contributed by atoms with Gasteiger partial charge in [-0.1, -0.05) is 0 Å². The van der Waals surface area contributed by atoms with Gasteiger partial charge < -0.3 is 5.32 Å². The van der Waals surface area contributed by atoms with Gasteiger partial charge in [-0.3, -0.25) is 9.59 Å². The van der Waals surface area contributed by atoms with Crippen molar-refractivity contribution < 1.29 is 9.59 Å². The molecule has 1 heterocycles. The summed E-state index contributed by atoms with van der Waals surface area (Å²) >= 11 is 0. The van der Waals surface area contributed by atoms with Crippen LogP contribution >= 0.6 is 0 Å². The molecule has 0 saturated heterocycles. The highest BCUT2D eigenvalue weighted by molar-refractivity contribution is 6.20. The second-order valence-electron chi connectivity index (χ2n) is 3.31. The van der Waals surface area contributed by atoms with E-state index in [9.17, 15) is 9.59 Å². The fraction of sp³-hybridized carbons (Fsp3) is 0.0909. The van der Waals surface area contributed by atoms with E-state index in [2.05, 4.69) is 15.3 Å². The lowest BCUT2D eigenvalue weighted by Crippen LogP contribution is -2.18. The number of hydrogen-bond acceptors (Lipinski definition) is 5. The van der Waals surface area contributed by atoms with Gasteiger partial charge in [0.25, 0.3) is 0 Å². The van der Waals surface area contributed by atoms with Crippen LogP contribution in [0.5, 0.6) is 0 Å². The van der Waals surface area contributed by atoms with Gasteiger partial charge in [0.2, 0.25) is 11.7 Å². The minimum Gasteiger partial charge on any atom is -0.321 e. The van der Waals surface area contributed by atoms with Crippen LogP contribution in [0.15, 0.2) is 41.9 Å². The molecular weight excluding hydrogens is 206 g/mol. The molecule has 16 heavy (non-hydrogen) atoms. The van der Waals surface area contributed by atoms with Gasteiger partial charge in [-0.2, -0.15) is 0 Å². The molecule has 0 atom stereocenters. The summed E-state index contributed by atoms with van der Waals surface area (Å²) < 4.78 is 0. The lowest BCUT2D eigenvalue weighted by atomic mass is 10.0. The molecular formula is C11H9N3O2. The summed E-state index contributed by atoms with van der Waals surface area (Å²) in [6, 6.07) is 1.66. The molecule has 0 aromatic carbocycles. The summed E-state index contributed by atoms with van der Waals surface area (Å²) in [5, 5.41) is 2.71. The molecule has 1 N–H and O–H groups in total. The van der Waals surface area contributed by atoms with Crippen LogP contribution in [0, 0.1) is 0 Å². The molecule has 0 radical (unpaired) electrons. The van der Waals surface area contributed by atoms with E-state index in [1.54, 1.807) is 25.4 Å². The first-order chi connectivity index (χ1) is 7.66. The average Bonchev–Trinajstić information content (AvgIpc) is 2.27. The summed E-state index contributed by atoms with van der Waals surface area (Å²) in [4.78, 5) is 30.7. The standard InChI is InChI=1S/C11H9N3O2/c1-7-5-10(16)8(6-9(7)15)14-11-12-3-2-4-13-11/h2-6H,1H3,(H,12,13,14). The van der Waals surface area contributed by atoms with Crippen molar-refractivity contribution in [1.82, 2.24) is 9.97 Å². The van der Waals surface area contributed by atoms with Crippen LogP contribution in [0.3, 0.4) is 0 Å². The second-order valence-corrected chi connectivity index (χ2v) is 3.31. The quantitative estimate of drug-likeness (QED) is 0.741. The molecule has 0 unspecified atom stereocenters. The SMILES string of the molecule is CC1=CC(=O)C(Nc2ncccn2)=CC1=O. The van der Waals surface area contributed by atoms with Crippen molar-refractivity contribution in [3.8, 4) is 0 Å². The molecule has 1 aromatic rings. The number of rotatable bonds is 2. The molecule has 0 amide bonds. The van der Waals surface area contributed by atoms with Crippen LogP contribution in [0.1, 0.15) is 6.92 Å². The van der Waals surface area contributed by atoms with Crippen LogP contribution in [-0.4, -0.2) is 21.5 Å². The number of allylic oxidation sites excluding steroid dienone is 3. The third-order valence-electron chi connectivity index (χ3n) is 2.09. The predicted molar refractivity (Wildman–Crippen MR) is 57.5 cm³/mol. The van der Waals surface area contributed by atoms with Crippen LogP contribution in [0.4, 0.5) is 5.95 Å². The number of nitrogens with zero attached hydrogens (tertiary/aromatic N) is 2. The van der Waals surface area contributed by atoms with Crippen molar-refractivity contribution >= 4 is 17.5 Å². The van der Waals surface area contributed by atoms with E-state index in [1.165, 1.54) is 12.2 Å². The van der Waals surface area contributed by atoms with Crippen LogP contribution in [-0.2, 0) is 9.59 Å². The first-order valence-corrected chi connectivity index (χ1v) is 4.69. The maximum absolute atomic E-state index is 11.5. The minimum absolute atomic E-state index is 0.182. The van der Waals surface area contributed by atoms with E-state index in [4.69, 9.17) is 0 Å². The van der Waals surface area contributed by atoms with Gasteiger partial charge >= 0.3 is 0 Å². The molecule has 0 bridgehead atoms.